The molecular formula is C17H27FN2S. The molecule has 1 aromatic carbocycles. The lowest BCUT2D eigenvalue weighted by Gasteiger charge is -2.29. The van der Waals surface area contributed by atoms with Gasteiger partial charge in [-0.15, -0.1) is 11.8 Å². The van der Waals surface area contributed by atoms with Crippen LogP contribution in [0.15, 0.2) is 29.2 Å². The number of nitrogens with one attached hydrogen (secondary N) is 1. The van der Waals surface area contributed by atoms with Gasteiger partial charge < -0.3 is 10.2 Å². The quantitative estimate of drug-likeness (QED) is 0.738. The van der Waals surface area contributed by atoms with Gasteiger partial charge in [0.25, 0.3) is 0 Å². The smallest absolute Gasteiger partial charge is 0.123 e. The van der Waals surface area contributed by atoms with E-state index in [2.05, 4.69) is 17.1 Å². The van der Waals surface area contributed by atoms with Crippen molar-refractivity contribution in [2.24, 2.45) is 5.92 Å². The molecule has 0 unspecified atom stereocenters. The summed E-state index contributed by atoms with van der Waals surface area (Å²) in [6.07, 6.45) is 3.84. The van der Waals surface area contributed by atoms with E-state index >= 15 is 0 Å². The number of piperidine rings is 1. The zero-order valence-electron chi connectivity index (χ0n) is 13.0. The predicted molar refractivity (Wildman–Crippen MR) is 89.4 cm³/mol. The molecule has 0 aliphatic carbocycles. The number of benzene rings is 1. The molecule has 0 saturated carbocycles. The molecule has 0 aromatic heterocycles. The van der Waals surface area contributed by atoms with Gasteiger partial charge in [-0.1, -0.05) is 6.92 Å². The number of hydrogen-bond donors (Lipinski definition) is 1. The molecule has 4 heteroatoms. The fraction of sp³-hybridized carbons (Fsp3) is 0.647. The molecule has 1 N–H and O–H groups in total. The highest BCUT2D eigenvalue weighted by molar-refractivity contribution is 7.99. The van der Waals surface area contributed by atoms with Crippen molar-refractivity contribution >= 4 is 11.8 Å². The van der Waals surface area contributed by atoms with Gasteiger partial charge in [0.2, 0.25) is 0 Å². The Morgan fingerprint density at radius 1 is 1.19 bits per heavy atom. The molecule has 118 valence electrons. The first-order valence-electron chi connectivity index (χ1n) is 8.09. The van der Waals surface area contributed by atoms with Crippen LogP contribution in [0.2, 0.25) is 0 Å². The zero-order valence-corrected chi connectivity index (χ0v) is 13.8. The molecule has 2 nitrogen and oxygen atoms in total. The topological polar surface area (TPSA) is 15.3 Å². The number of hydrogen-bond acceptors (Lipinski definition) is 3. The lowest BCUT2D eigenvalue weighted by Crippen LogP contribution is -2.37. The average molecular weight is 310 g/mol. The molecule has 1 aromatic rings. The van der Waals surface area contributed by atoms with E-state index in [9.17, 15) is 4.39 Å². The summed E-state index contributed by atoms with van der Waals surface area (Å²) in [6, 6.07) is 6.83. The second-order valence-corrected chi connectivity index (χ2v) is 6.96. The first-order chi connectivity index (χ1) is 10.3. The Balaban J connectivity index is 1.72. The third kappa shape index (κ3) is 6.37. The van der Waals surface area contributed by atoms with E-state index in [1.54, 1.807) is 12.1 Å². The molecule has 1 saturated heterocycles. The summed E-state index contributed by atoms with van der Waals surface area (Å²) in [6.45, 7) is 8.15. The highest BCUT2D eigenvalue weighted by Crippen LogP contribution is 2.19. The minimum absolute atomic E-state index is 0.155. The summed E-state index contributed by atoms with van der Waals surface area (Å²) < 4.78 is 12.9. The number of thioether (sulfide) groups is 1. The Kier molecular flexibility index (Phi) is 7.54. The maximum Gasteiger partial charge on any atom is 0.123 e. The molecule has 1 fully saturated rings. The first-order valence-corrected chi connectivity index (χ1v) is 9.08. The van der Waals surface area contributed by atoms with Gasteiger partial charge in [0.15, 0.2) is 0 Å². The maximum atomic E-state index is 12.9. The summed E-state index contributed by atoms with van der Waals surface area (Å²) >= 11 is 1.82. The number of nitrogens with zero attached hydrogens (tertiary/aromatic N) is 1. The van der Waals surface area contributed by atoms with Crippen LogP contribution in [0, 0.1) is 11.7 Å². The third-order valence-corrected chi connectivity index (χ3v) is 5.00. The first kappa shape index (κ1) is 16.8. The summed E-state index contributed by atoms with van der Waals surface area (Å²) in [5.41, 5.74) is 0. The van der Waals surface area contributed by atoms with E-state index in [1.807, 2.05) is 23.9 Å². The largest absolute Gasteiger partial charge is 0.317 e. The van der Waals surface area contributed by atoms with Crippen molar-refractivity contribution in [2.45, 2.75) is 31.1 Å². The molecular weight excluding hydrogens is 283 g/mol. The Labute approximate surface area is 132 Å². The van der Waals surface area contributed by atoms with Crippen LogP contribution in [0.25, 0.3) is 0 Å². The maximum absolute atomic E-state index is 12.9. The van der Waals surface area contributed by atoms with Crippen molar-refractivity contribution in [3.05, 3.63) is 30.1 Å². The predicted octanol–water partition coefficient (Wildman–Crippen LogP) is 3.63. The van der Waals surface area contributed by atoms with E-state index in [4.69, 9.17) is 0 Å². The zero-order chi connectivity index (χ0) is 14.9. The van der Waals surface area contributed by atoms with Crippen LogP contribution < -0.4 is 5.32 Å². The van der Waals surface area contributed by atoms with E-state index in [0.29, 0.717) is 0 Å². The molecule has 0 radical (unpaired) electrons. The second kappa shape index (κ2) is 9.44. The number of halogens is 1. The van der Waals surface area contributed by atoms with E-state index < -0.39 is 0 Å². The van der Waals surface area contributed by atoms with Crippen LogP contribution >= 0.6 is 11.8 Å². The molecule has 0 bridgehead atoms. The van der Waals surface area contributed by atoms with E-state index in [1.165, 1.54) is 45.4 Å². The average Bonchev–Trinajstić information content (AvgIpc) is 2.50. The molecule has 2 rings (SSSR count). The van der Waals surface area contributed by atoms with Crippen molar-refractivity contribution < 1.29 is 4.39 Å². The molecule has 1 heterocycles. The normalized spacial score (nSPS) is 16.5. The van der Waals surface area contributed by atoms with Crippen LogP contribution in [0.1, 0.15) is 26.2 Å². The van der Waals surface area contributed by atoms with E-state index in [-0.39, 0.29) is 5.82 Å². The van der Waals surface area contributed by atoms with Crippen LogP contribution in [0.3, 0.4) is 0 Å². The van der Waals surface area contributed by atoms with Crippen molar-refractivity contribution in [1.82, 2.24) is 10.2 Å². The van der Waals surface area contributed by atoms with Gasteiger partial charge in [0.1, 0.15) is 5.82 Å². The summed E-state index contributed by atoms with van der Waals surface area (Å²) in [5, 5.41) is 3.44. The Hall–Kier alpha value is -0.580. The van der Waals surface area contributed by atoms with Crippen molar-refractivity contribution in [3.63, 3.8) is 0 Å². The summed E-state index contributed by atoms with van der Waals surface area (Å²) in [7, 11) is 0. The fourth-order valence-electron chi connectivity index (χ4n) is 2.86. The van der Waals surface area contributed by atoms with Gasteiger partial charge in [-0.3, -0.25) is 0 Å². The van der Waals surface area contributed by atoms with Crippen LogP contribution in [-0.2, 0) is 0 Å². The van der Waals surface area contributed by atoms with Gasteiger partial charge in [0, 0.05) is 23.7 Å². The molecule has 1 aliphatic heterocycles. The standard InChI is InChI=1S/C17H27FN2S/c1-2-11-20(14-15-7-9-19-10-8-15)12-13-21-17-5-3-16(18)4-6-17/h3-6,15,19H,2,7-14H2,1H3. The third-order valence-electron chi connectivity index (χ3n) is 4.00. The van der Waals surface area contributed by atoms with Gasteiger partial charge in [0.05, 0.1) is 0 Å². The van der Waals surface area contributed by atoms with Crippen LogP contribution in [-0.4, -0.2) is 43.4 Å². The minimum Gasteiger partial charge on any atom is -0.317 e. The Bertz CT molecular complexity index is 390. The van der Waals surface area contributed by atoms with Gasteiger partial charge >= 0.3 is 0 Å². The van der Waals surface area contributed by atoms with Gasteiger partial charge in [-0.2, -0.15) is 0 Å². The fourth-order valence-corrected chi connectivity index (χ4v) is 3.78. The minimum atomic E-state index is -0.155. The molecule has 1 aliphatic rings. The van der Waals surface area contributed by atoms with Crippen molar-refractivity contribution in [3.8, 4) is 0 Å². The Morgan fingerprint density at radius 3 is 2.57 bits per heavy atom. The lowest BCUT2D eigenvalue weighted by atomic mass is 9.97. The number of rotatable bonds is 8. The van der Waals surface area contributed by atoms with Crippen LogP contribution in [0.4, 0.5) is 4.39 Å². The van der Waals surface area contributed by atoms with Crippen molar-refractivity contribution in [2.75, 3.05) is 38.5 Å². The SMILES string of the molecule is CCCN(CCSc1ccc(F)cc1)CC1CCNCC1. The monoisotopic (exact) mass is 310 g/mol. The molecule has 0 amide bonds. The molecule has 0 atom stereocenters. The second-order valence-electron chi connectivity index (χ2n) is 5.80. The highest BCUT2D eigenvalue weighted by atomic mass is 32.2. The molecule has 21 heavy (non-hydrogen) atoms. The van der Waals surface area contributed by atoms with Gasteiger partial charge in [-0.05, 0) is 69.1 Å². The van der Waals surface area contributed by atoms with E-state index in [0.717, 1.165) is 23.1 Å². The lowest BCUT2D eigenvalue weighted by molar-refractivity contribution is 0.215. The Morgan fingerprint density at radius 2 is 1.90 bits per heavy atom. The summed E-state index contributed by atoms with van der Waals surface area (Å²) in [5.74, 6) is 1.78. The van der Waals surface area contributed by atoms with Crippen molar-refractivity contribution in [1.29, 1.82) is 0 Å². The highest BCUT2D eigenvalue weighted by Gasteiger charge is 2.16. The van der Waals surface area contributed by atoms with Crippen LogP contribution in [0.5, 0.6) is 0 Å². The van der Waals surface area contributed by atoms with Gasteiger partial charge in [-0.25, -0.2) is 4.39 Å². The summed E-state index contributed by atoms with van der Waals surface area (Å²) in [4.78, 5) is 3.77. The molecule has 0 spiro atoms.